The van der Waals surface area contributed by atoms with E-state index in [2.05, 4.69) is 0 Å². The first-order valence-electron chi connectivity index (χ1n) is 5.65. The molecule has 6 heteroatoms. The molecule has 0 rings (SSSR count). The molecule has 0 saturated heterocycles. The Labute approximate surface area is 97.9 Å². The zero-order valence-corrected chi connectivity index (χ0v) is 11.3. The van der Waals surface area contributed by atoms with Gasteiger partial charge in [-0.2, -0.15) is 0 Å². The van der Waals surface area contributed by atoms with Crippen LogP contribution in [0.15, 0.2) is 0 Å². The minimum absolute atomic E-state index is 0.244. The van der Waals surface area contributed by atoms with Crippen molar-refractivity contribution in [3.05, 3.63) is 0 Å². The van der Waals surface area contributed by atoms with Gasteiger partial charge in [-0.05, 0) is 40.2 Å². The Hall–Kier alpha value is 0.0700. The second-order valence-corrected chi connectivity index (χ2v) is 6.09. The van der Waals surface area contributed by atoms with Gasteiger partial charge in [0.1, 0.15) is 0 Å². The van der Waals surface area contributed by atoms with Crippen LogP contribution in [0.2, 0.25) is 0 Å². The van der Waals surface area contributed by atoms with E-state index in [0.29, 0.717) is 6.54 Å². The van der Waals surface area contributed by atoms with Gasteiger partial charge in [-0.3, -0.25) is 9.05 Å². The fourth-order valence-electron chi connectivity index (χ4n) is 1.15. The number of hydrogen-bond donors (Lipinski definition) is 2. The smallest absolute Gasteiger partial charge is 0.330 e. The second kappa shape index (κ2) is 7.41. The van der Waals surface area contributed by atoms with E-state index in [1.54, 1.807) is 20.8 Å². The van der Waals surface area contributed by atoms with E-state index in [9.17, 15) is 9.46 Å². The lowest BCUT2D eigenvalue weighted by Crippen LogP contribution is -2.18. The molecular formula is C10H24NO4P. The predicted molar refractivity (Wildman–Crippen MR) is 64.1 cm³/mol. The van der Waals surface area contributed by atoms with Crippen LogP contribution in [0.5, 0.6) is 0 Å². The zero-order valence-electron chi connectivity index (χ0n) is 10.4. The third kappa shape index (κ3) is 10.6. The van der Waals surface area contributed by atoms with Crippen LogP contribution in [0.1, 0.15) is 46.5 Å². The Bertz CT molecular complexity index is 227. The SMILES string of the molecule is CC(C)(C)OP(=O)(O)OCCCCCCN. The van der Waals surface area contributed by atoms with E-state index >= 15 is 0 Å². The fourth-order valence-corrected chi connectivity index (χ4v) is 2.26. The molecule has 0 aliphatic heterocycles. The van der Waals surface area contributed by atoms with Crippen LogP contribution in [-0.2, 0) is 13.6 Å². The predicted octanol–water partition coefficient (Wildman–Crippen LogP) is 2.44. The Morgan fingerprint density at radius 2 is 1.75 bits per heavy atom. The average molecular weight is 253 g/mol. The first kappa shape index (κ1) is 16.1. The molecule has 0 aliphatic carbocycles. The highest BCUT2D eigenvalue weighted by Crippen LogP contribution is 2.47. The van der Waals surface area contributed by atoms with E-state index in [4.69, 9.17) is 14.8 Å². The molecule has 0 aromatic rings. The monoisotopic (exact) mass is 253 g/mol. The normalized spacial score (nSPS) is 16.1. The van der Waals surface area contributed by atoms with Gasteiger partial charge in [0.05, 0.1) is 12.2 Å². The van der Waals surface area contributed by atoms with Crippen LogP contribution in [0.4, 0.5) is 0 Å². The molecule has 5 nitrogen and oxygen atoms in total. The molecule has 0 radical (unpaired) electrons. The summed E-state index contributed by atoms with van der Waals surface area (Å²) < 4.78 is 21.2. The Morgan fingerprint density at radius 1 is 1.19 bits per heavy atom. The third-order valence-corrected chi connectivity index (χ3v) is 3.03. The molecule has 0 heterocycles. The quantitative estimate of drug-likeness (QED) is 0.513. The molecule has 1 unspecified atom stereocenters. The summed E-state index contributed by atoms with van der Waals surface area (Å²) in [5, 5.41) is 0. The maximum absolute atomic E-state index is 11.4. The molecule has 0 saturated carbocycles. The maximum Gasteiger partial charge on any atom is 0.472 e. The first-order chi connectivity index (χ1) is 7.27. The fraction of sp³-hybridized carbons (Fsp3) is 1.00. The van der Waals surface area contributed by atoms with Gasteiger partial charge in [0.25, 0.3) is 0 Å². The lowest BCUT2D eigenvalue weighted by atomic mass is 10.2. The molecule has 98 valence electrons. The Balaban J connectivity index is 3.63. The lowest BCUT2D eigenvalue weighted by Gasteiger charge is -2.22. The second-order valence-electron chi connectivity index (χ2n) is 4.71. The standard InChI is InChI=1S/C10H24NO4P/c1-10(2,3)15-16(12,13)14-9-7-5-4-6-8-11/h4-9,11H2,1-3H3,(H,12,13). The molecule has 0 aliphatic rings. The molecule has 0 aromatic carbocycles. The highest BCUT2D eigenvalue weighted by molar-refractivity contribution is 7.47. The van der Waals surface area contributed by atoms with Gasteiger partial charge in [-0.25, -0.2) is 4.57 Å². The summed E-state index contributed by atoms with van der Waals surface area (Å²) in [5.74, 6) is 0. The van der Waals surface area contributed by atoms with Crippen LogP contribution >= 0.6 is 7.82 Å². The van der Waals surface area contributed by atoms with Crippen molar-refractivity contribution >= 4 is 7.82 Å². The van der Waals surface area contributed by atoms with Crippen molar-refractivity contribution in [1.82, 2.24) is 0 Å². The van der Waals surface area contributed by atoms with Crippen LogP contribution in [0.3, 0.4) is 0 Å². The molecule has 16 heavy (non-hydrogen) atoms. The summed E-state index contributed by atoms with van der Waals surface area (Å²) >= 11 is 0. The van der Waals surface area contributed by atoms with Crippen molar-refractivity contribution in [2.45, 2.75) is 52.1 Å². The van der Waals surface area contributed by atoms with Crippen molar-refractivity contribution in [2.24, 2.45) is 5.73 Å². The summed E-state index contributed by atoms with van der Waals surface area (Å²) in [7, 11) is -3.89. The summed E-state index contributed by atoms with van der Waals surface area (Å²) in [6.07, 6.45) is 3.70. The first-order valence-corrected chi connectivity index (χ1v) is 7.14. The minimum atomic E-state index is -3.89. The van der Waals surface area contributed by atoms with E-state index < -0.39 is 13.4 Å². The van der Waals surface area contributed by atoms with Gasteiger partial charge in [-0.1, -0.05) is 12.8 Å². The topological polar surface area (TPSA) is 81.8 Å². The summed E-state index contributed by atoms with van der Waals surface area (Å²) in [6, 6.07) is 0. The maximum atomic E-state index is 11.4. The summed E-state index contributed by atoms with van der Waals surface area (Å²) in [5.41, 5.74) is 4.67. The van der Waals surface area contributed by atoms with Gasteiger partial charge >= 0.3 is 7.82 Å². The van der Waals surface area contributed by atoms with E-state index in [1.807, 2.05) is 0 Å². The minimum Gasteiger partial charge on any atom is -0.330 e. The molecular weight excluding hydrogens is 229 g/mol. The average Bonchev–Trinajstić information content (AvgIpc) is 2.06. The lowest BCUT2D eigenvalue weighted by molar-refractivity contribution is 0.0611. The van der Waals surface area contributed by atoms with Crippen molar-refractivity contribution in [1.29, 1.82) is 0 Å². The molecule has 0 spiro atoms. The zero-order chi connectivity index (χ0) is 12.7. The largest absolute Gasteiger partial charge is 0.472 e. The van der Waals surface area contributed by atoms with Gasteiger partial charge in [0.15, 0.2) is 0 Å². The van der Waals surface area contributed by atoms with E-state index in [1.165, 1.54) is 0 Å². The summed E-state index contributed by atoms with van der Waals surface area (Å²) in [4.78, 5) is 9.34. The van der Waals surface area contributed by atoms with Gasteiger partial charge in [0, 0.05) is 0 Å². The number of hydrogen-bond acceptors (Lipinski definition) is 4. The van der Waals surface area contributed by atoms with Crippen LogP contribution in [0.25, 0.3) is 0 Å². The van der Waals surface area contributed by atoms with E-state index in [-0.39, 0.29) is 6.61 Å². The van der Waals surface area contributed by atoms with Gasteiger partial charge in [-0.15, -0.1) is 0 Å². The highest BCUT2D eigenvalue weighted by atomic mass is 31.2. The van der Waals surface area contributed by atoms with E-state index in [0.717, 1.165) is 25.7 Å². The van der Waals surface area contributed by atoms with Crippen LogP contribution < -0.4 is 5.73 Å². The van der Waals surface area contributed by atoms with Gasteiger partial charge in [0.2, 0.25) is 0 Å². The highest BCUT2D eigenvalue weighted by Gasteiger charge is 2.28. The molecule has 1 atom stereocenters. The number of rotatable bonds is 8. The van der Waals surface area contributed by atoms with Crippen molar-refractivity contribution < 1.29 is 18.5 Å². The van der Waals surface area contributed by atoms with Crippen LogP contribution in [-0.4, -0.2) is 23.6 Å². The van der Waals surface area contributed by atoms with Crippen LogP contribution in [0, 0.1) is 0 Å². The molecule has 0 bridgehead atoms. The number of nitrogens with two attached hydrogens (primary N) is 1. The third-order valence-electron chi connectivity index (χ3n) is 1.74. The Kier molecular flexibility index (Phi) is 7.44. The van der Waals surface area contributed by atoms with Crippen molar-refractivity contribution in [2.75, 3.05) is 13.2 Å². The molecule has 0 amide bonds. The molecule has 3 N–H and O–H groups in total. The van der Waals surface area contributed by atoms with Crippen molar-refractivity contribution in [3.63, 3.8) is 0 Å². The number of unbranched alkanes of at least 4 members (excludes halogenated alkanes) is 3. The number of phosphoric ester groups is 1. The van der Waals surface area contributed by atoms with Gasteiger partial charge < -0.3 is 10.6 Å². The number of phosphoric acid groups is 1. The van der Waals surface area contributed by atoms with Crippen molar-refractivity contribution in [3.8, 4) is 0 Å². The molecule has 0 aromatic heterocycles. The molecule has 0 fully saturated rings. The summed E-state index contributed by atoms with van der Waals surface area (Å²) in [6.45, 7) is 6.06. The Morgan fingerprint density at radius 3 is 2.25 bits per heavy atom.